The number of benzene rings is 4. The summed E-state index contributed by atoms with van der Waals surface area (Å²) in [4.78, 5) is 0. The third-order valence-corrected chi connectivity index (χ3v) is 12.6. The zero-order chi connectivity index (χ0) is 39.6. The SMILES string of the molecule is C=C(/C=C\C)/C(C)=C\C(=C)c1ccccccc(/C(C)=C/C(=C\C)C/C=C2\C(=C/C)C(C)(C)c3c2c2ccccc2c2c3sc3ccccc32)c2ccccc12. The van der Waals surface area contributed by atoms with Crippen molar-refractivity contribution in [1.29, 1.82) is 0 Å². The van der Waals surface area contributed by atoms with Crippen molar-refractivity contribution in [3.63, 3.8) is 0 Å². The van der Waals surface area contributed by atoms with Crippen molar-refractivity contribution in [1.82, 2.24) is 0 Å². The van der Waals surface area contributed by atoms with Gasteiger partial charge in [0.05, 0.1) is 0 Å². The fourth-order valence-electron chi connectivity index (χ4n) is 8.66. The number of rotatable bonds is 8. The molecule has 0 bridgehead atoms. The van der Waals surface area contributed by atoms with Crippen LogP contribution in [0.5, 0.6) is 0 Å². The lowest BCUT2D eigenvalue weighted by atomic mass is 9.81. The maximum absolute atomic E-state index is 4.55. The van der Waals surface area contributed by atoms with Gasteiger partial charge in [-0.05, 0) is 130 Å². The van der Waals surface area contributed by atoms with E-state index in [1.165, 1.54) is 75.3 Å². The maximum atomic E-state index is 4.55. The number of hydrogen-bond donors (Lipinski definition) is 0. The average Bonchev–Trinajstić information content (AvgIpc) is 3.69. The molecule has 278 valence electrons. The molecule has 0 saturated heterocycles. The first-order valence-electron chi connectivity index (χ1n) is 19.7. The van der Waals surface area contributed by atoms with Crippen LogP contribution in [0.3, 0.4) is 0 Å². The molecule has 0 amide bonds. The van der Waals surface area contributed by atoms with Gasteiger partial charge in [-0.1, -0.05) is 173 Å². The van der Waals surface area contributed by atoms with Crippen LogP contribution in [-0.2, 0) is 5.41 Å². The molecule has 5 aromatic carbocycles. The number of allylic oxidation sites excluding steroid dienone is 14. The minimum absolute atomic E-state index is 0.130. The third kappa shape index (κ3) is 6.97. The molecule has 1 heterocycles. The average molecular weight is 745 g/mol. The lowest BCUT2D eigenvalue weighted by Crippen LogP contribution is -2.15. The monoisotopic (exact) mass is 744 g/mol. The minimum Gasteiger partial charge on any atom is -0.135 e. The molecular formula is C55H52S. The maximum Gasteiger partial charge on any atom is 0.0408 e. The number of fused-ring (bicyclic) bond motifs is 9. The molecule has 0 spiro atoms. The van der Waals surface area contributed by atoms with E-state index in [4.69, 9.17) is 0 Å². The Hall–Kier alpha value is -5.76. The van der Waals surface area contributed by atoms with Crippen LogP contribution >= 0.6 is 11.3 Å². The van der Waals surface area contributed by atoms with Gasteiger partial charge < -0.3 is 0 Å². The quantitative estimate of drug-likeness (QED) is 0.136. The van der Waals surface area contributed by atoms with Crippen LogP contribution in [0.25, 0.3) is 58.4 Å². The molecule has 0 unspecified atom stereocenters. The summed E-state index contributed by atoms with van der Waals surface area (Å²) in [6.45, 7) is 24.4. The third-order valence-electron chi connectivity index (χ3n) is 11.4. The highest BCUT2D eigenvalue weighted by molar-refractivity contribution is 7.26. The molecule has 0 fully saturated rings. The van der Waals surface area contributed by atoms with E-state index < -0.39 is 0 Å². The molecule has 1 aromatic heterocycles. The Bertz CT molecular complexity index is 2810. The van der Waals surface area contributed by atoms with Gasteiger partial charge in [0, 0.05) is 25.6 Å². The smallest absolute Gasteiger partial charge is 0.0408 e. The van der Waals surface area contributed by atoms with Crippen LogP contribution in [0.15, 0.2) is 187 Å². The summed E-state index contributed by atoms with van der Waals surface area (Å²) < 4.78 is 2.77. The Morgan fingerprint density at radius 2 is 1.27 bits per heavy atom. The largest absolute Gasteiger partial charge is 0.135 e. The molecule has 1 aliphatic rings. The number of thiophene rings is 1. The number of hydrogen-bond acceptors (Lipinski definition) is 1. The molecule has 0 saturated carbocycles. The Kier molecular flexibility index (Phi) is 11.1. The Labute approximate surface area is 337 Å². The van der Waals surface area contributed by atoms with E-state index in [-0.39, 0.29) is 5.41 Å². The van der Waals surface area contributed by atoms with E-state index in [0.29, 0.717) is 0 Å². The molecule has 1 aliphatic carbocycles. The van der Waals surface area contributed by atoms with E-state index in [0.717, 1.165) is 34.1 Å². The van der Waals surface area contributed by atoms with Gasteiger partial charge in [-0.25, -0.2) is 0 Å². The molecule has 1 heteroatoms. The predicted molar refractivity (Wildman–Crippen MR) is 252 cm³/mol. The minimum atomic E-state index is -0.130. The highest BCUT2D eigenvalue weighted by Gasteiger charge is 2.41. The summed E-state index contributed by atoms with van der Waals surface area (Å²) in [5.41, 5.74) is 13.3. The summed E-state index contributed by atoms with van der Waals surface area (Å²) >= 11 is 1.95. The Morgan fingerprint density at radius 3 is 1.93 bits per heavy atom. The lowest BCUT2D eigenvalue weighted by Gasteiger charge is -2.23. The summed E-state index contributed by atoms with van der Waals surface area (Å²) in [5.74, 6) is 0. The van der Waals surface area contributed by atoms with Crippen LogP contribution < -0.4 is 0 Å². The fourth-order valence-corrected chi connectivity index (χ4v) is 10.1. The van der Waals surface area contributed by atoms with Crippen LogP contribution in [-0.4, -0.2) is 0 Å². The van der Waals surface area contributed by atoms with Gasteiger partial charge in [0.25, 0.3) is 0 Å². The summed E-state index contributed by atoms with van der Waals surface area (Å²) in [7, 11) is 0. The van der Waals surface area contributed by atoms with Crippen LogP contribution in [0, 0.1) is 0 Å². The second-order valence-electron chi connectivity index (χ2n) is 15.3. The van der Waals surface area contributed by atoms with Crippen LogP contribution in [0.2, 0.25) is 0 Å². The second-order valence-corrected chi connectivity index (χ2v) is 16.3. The second kappa shape index (κ2) is 16.1. The zero-order valence-electron chi connectivity index (χ0n) is 34.0. The summed E-state index contributed by atoms with van der Waals surface area (Å²) in [6, 6.07) is 39.5. The van der Waals surface area contributed by atoms with E-state index in [1.54, 1.807) is 0 Å². The molecule has 0 nitrogen and oxygen atoms in total. The van der Waals surface area contributed by atoms with Crippen molar-refractivity contribution in [2.75, 3.05) is 0 Å². The summed E-state index contributed by atoms with van der Waals surface area (Å²) in [5, 5.41) is 7.77. The predicted octanol–water partition coefficient (Wildman–Crippen LogP) is 16.6. The van der Waals surface area contributed by atoms with Gasteiger partial charge in [-0.15, -0.1) is 11.3 Å². The van der Waals surface area contributed by atoms with Gasteiger partial charge >= 0.3 is 0 Å². The Balaban J connectivity index is 1.36. The van der Waals surface area contributed by atoms with Gasteiger partial charge in [-0.2, -0.15) is 0 Å². The van der Waals surface area contributed by atoms with Gasteiger partial charge in [0.1, 0.15) is 0 Å². The molecule has 56 heavy (non-hydrogen) atoms. The van der Waals surface area contributed by atoms with E-state index >= 15 is 0 Å². The highest BCUT2D eigenvalue weighted by Crippen LogP contribution is 2.57. The molecule has 0 N–H and O–H groups in total. The van der Waals surface area contributed by atoms with Gasteiger partial charge in [-0.3, -0.25) is 0 Å². The van der Waals surface area contributed by atoms with Gasteiger partial charge in [0.15, 0.2) is 0 Å². The standard InChI is InChI=1S/C55H52S/c1-10-23-36(4)37(5)34-38(6)41-24-15-13-14-16-25-42(44-27-18-17-26-43(41)44)39(7)35-40(11-2)32-33-47-49(12-3)55(8,9)53-51(47)45-28-19-20-29-46(45)52-48-30-21-22-31-50(48)56-54(52)53/h10-31,33-35H,4,6,32H2,1-3,5,7-9H3/b14-13?,15-13?,16-14?,23-10-,24-15?,25-16?,37-34-,39-35+,40-11-,41-24?,42-25?,43-41?,44-42?,47-33+,49-12+. The fraction of sp³-hybridized carbons (Fsp3) is 0.164. The molecule has 0 radical (unpaired) electrons. The van der Waals surface area contributed by atoms with Crippen molar-refractivity contribution in [2.24, 2.45) is 0 Å². The Morgan fingerprint density at radius 1 is 0.679 bits per heavy atom. The molecule has 0 aliphatic heterocycles. The van der Waals surface area contributed by atoms with Gasteiger partial charge in [0.2, 0.25) is 0 Å². The molecule has 6 aromatic rings. The zero-order valence-corrected chi connectivity index (χ0v) is 34.8. The van der Waals surface area contributed by atoms with Crippen molar-refractivity contribution >= 4 is 69.8 Å². The van der Waals surface area contributed by atoms with E-state index in [2.05, 4.69) is 194 Å². The molecule has 7 rings (SSSR count). The normalized spacial score (nSPS) is 16.1. The lowest BCUT2D eigenvalue weighted by molar-refractivity contribution is 0.667. The summed E-state index contributed by atoms with van der Waals surface area (Å²) in [6.07, 6.45) is 16.5. The van der Waals surface area contributed by atoms with Crippen molar-refractivity contribution in [2.45, 2.75) is 60.3 Å². The van der Waals surface area contributed by atoms with E-state index in [1.807, 2.05) is 30.4 Å². The topological polar surface area (TPSA) is 0 Å². The first-order chi connectivity index (χ1) is 27.1. The molecular weight excluding hydrogens is 693 g/mol. The van der Waals surface area contributed by atoms with E-state index in [9.17, 15) is 0 Å². The van der Waals surface area contributed by atoms with Crippen molar-refractivity contribution < 1.29 is 0 Å². The first kappa shape index (κ1) is 38.5. The van der Waals surface area contributed by atoms with Crippen LogP contribution in [0.1, 0.15) is 77.1 Å². The van der Waals surface area contributed by atoms with Crippen molar-refractivity contribution in [3.8, 4) is 0 Å². The van der Waals surface area contributed by atoms with Crippen molar-refractivity contribution in [3.05, 3.63) is 209 Å². The first-order valence-corrected chi connectivity index (χ1v) is 20.5. The van der Waals surface area contributed by atoms with Crippen LogP contribution in [0.4, 0.5) is 0 Å². The molecule has 0 atom stereocenters. The highest BCUT2D eigenvalue weighted by atomic mass is 32.1.